The van der Waals surface area contributed by atoms with Gasteiger partial charge in [0, 0.05) is 29.7 Å². The molecule has 0 spiro atoms. The molecule has 2 aromatic carbocycles. The molecule has 3 aromatic rings. The van der Waals surface area contributed by atoms with Crippen LogP contribution in [0.2, 0.25) is 0 Å². The molecule has 7 nitrogen and oxygen atoms in total. The fourth-order valence-corrected chi connectivity index (χ4v) is 4.43. The Morgan fingerprint density at radius 2 is 1.94 bits per heavy atom. The lowest BCUT2D eigenvalue weighted by Gasteiger charge is -2.18. The van der Waals surface area contributed by atoms with Gasteiger partial charge >= 0.3 is 0 Å². The highest BCUT2D eigenvalue weighted by molar-refractivity contribution is 5.95. The molecule has 2 heterocycles. The smallest absolute Gasteiger partial charge is 0.251 e. The number of aryl methyl sites for hydroxylation is 1. The van der Waals surface area contributed by atoms with E-state index in [1.165, 1.54) is 5.56 Å². The molecule has 4 rings (SSSR count). The van der Waals surface area contributed by atoms with Gasteiger partial charge in [0.1, 0.15) is 0 Å². The predicted octanol–water partition coefficient (Wildman–Crippen LogP) is 2.30. The van der Waals surface area contributed by atoms with Crippen LogP contribution in [0.1, 0.15) is 27.2 Å². The summed E-state index contributed by atoms with van der Waals surface area (Å²) in [7, 11) is 0. The molecule has 33 heavy (non-hydrogen) atoms. The normalized spacial score (nSPS) is 18.1. The fourth-order valence-electron chi connectivity index (χ4n) is 4.43. The number of hydrogen-bond donors (Lipinski definition) is 3. The lowest BCUT2D eigenvalue weighted by Crippen LogP contribution is -2.45. The maximum atomic E-state index is 12.8. The number of rotatable bonds is 6. The molecule has 168 valence electrons. The van der Waals surface area contributed by atoms with Crippen LogP contribution in [0.3, 0.4) is 0 Å². The Morgan fingerprint density at radius 1 is 1.18 bits per heavy atom. The Kier molecular flexibility index (Phi) is 6.68. The van der Waals surface area contributed by atoms with Crippen molar-refractivity contribution in [2.45, 2.75) is 19.4 Å². The van der Waals surface area contributed by atoms with Crippen LogP contribution in [-0.2, 0) is 11.2 Å². The minimum atomic E-state index is -0.574. The van der Waals surface area contributed by atoms with Gasteiger partial charge in [0.05, 0.1) is 24.0 Å². The maximum Gasteiger partial charge on any atom is 0.251 e. The first-order valence-corrected chi connectivity index (χ1v) is 10.8. The molecule has 7 heteroatoms. The number of carbonyl (C=O) groups is 2. The number of hydrogen-bond acceptors (Lipinski definition) is 5. The van der Waals surface area contributed by atoms with Crippen molar-refractivity contribution in [1.29, 1.82) is 0 Å². The molecule has 2 unspecified atom stereocenters. The number of benzene rings is 2. The third-order valence-electron chi connectivity index (χ3n) is 6.01. The van der Waals surface area contributed by atoms with Crippen molar-refractivity contribution < 1.29 is 14.8 Å². The van der Waals surface area contributed by atoms with Gasteiger partial charge in [-0.1, -0.05) is 36.3 Å². The number of carbonyl (C=O) groups excluding carboxylic acids is 2. The number of nitrogens with one attached hydrogen (secondary N) is 2. The van der Waals surface area contributed by atoms with E-state index in [-0.39, 0.29) is 5.91 Å². The second-order valence-electron chi connectivity index (χ2n) is 8.37. The Bertz CT molecular complexity index is 1220. The standard InChI is InChI=1S/C26H26N4O3/c1-3-12-30-15-22(26(32)29-33)24(16-30)28-25(31)19-10-8-18(9-11-19)14-20-13-17(2)27-23-7-5-4-6-21(20)23/h1,4-11,13,22,24,33H,12,14-16H2,2H3,(H,28,31)(H,29,32). The van der Waals surface area contributed by atoms with Gasteiger partial charge in [-0.05, 0) is 48.7 Å². The van der Waals surface area contributed by atoms with Gasteiger partial charge in [0.2, 0.25) is 5.91 Å². The van der Waals surface area contributed by atoms with Crippen LogP contribution in [0.25, 0.3) is 10.9 Å². The SMILES string of the molecule is C#CCN1CC(NC(=O)c2ccc(Cc3cc(C)nc4ccccc34)cc2)C(C(=O)NO)C1. The van der Waals surface area contributed by atoms with E-state index in [1.807, 2.05) is 42.2 Å². The average molecular weight is 443 g/mol. The second kappa shape index (κ2) is 9.82. The number of para-hydroxylation sites is 1. The molecule has 0 radical (unpaired) electrons. The van der Waals surface area contributed by atoms with E-state index in [9.17, 15) is 9.59 Å². The minimum Gasteiger partial charge on any atom is -0.347 e. The number of terminal acetylenes is 1. The molecule has 1 aliphatic heterocycles. The summed E-state index contributed by atoms with van der Waals surface area (Å²) < 4.78 is 0. The van der Waals surface area contributed by atoms with Gasteiger partial charge < -0.3 is 5.32 Å². The number of nitrogens with zero attached hydrogens (tertiary/aromatic N) is 2. The van der Waals surface area contributed by atoms with Gasteiger partial charge in [-0.3, -0.25) is 24.7 Å². The fraction of sp³-hybridized carbons (Fsp3) is 0.269. The van der Waals surface area contributed by atoms with Gasteiger partial charge in [-0.15, -0.1) is 6.42 Å². The molecule has 2 atom stereocenters. The van der Waals surface area contributed by atoms with Crippen LogP contribution in [0.15, 0.2) is 54.6 Å². The van der Waals surface area contributed by atoms with Crippen molar-refractivity contribution in [1.82, 2.24) is 20.7 Å². The predicted molar refractivity (Wildman–Crippen MR) is 126 cm³/mol. The highest BCUT2D eigenvalue weighted by Crippen LogP contribution is 2.22. The Hall–Kier alpha value is -3.73. The number of aromatic nitrogens is 1. The molecule has 2 amide bonds. The molecule has 3 N–H and O–H groups in total. The first-order valence-electron chi connectivity index (χ1n) is 10.8. The van der Waals surface area contributed by atoms with Crippen molar-refractivity contribution in [3.05, 3.63) is 77.0 Å². The van der Waals surface area contributed by atoms with Crippen molar-refractivity contribution in [3.63, 3.8) is 0 Å². The second-order valence-corrected chi connectivity index (χ2v) is 8.37. The van der Waals surface area contributed by atoms with Crippen LogP contribution < -0.4 is 10.8 Å². The van der Waals surface area contributed by atoms with E-state index >= 15 is 0 Å². The number of pyridine rings is 1. The van der Waals surface area contributed by atoms with E-state index in [2.05, 4.69) is 28.4 Å². The van der Waals surface area contributed by atoms with Gasteiger partial charge in [0.25, 0.3) is 5.91 Å². The summed E-state index contributed by atoms with van der Waals surface area (Å²) in [5, 5.41) is 13.1. The van der Waals surface area contributed by atoms with E-state index in [1.54, 1.807) is 17.6 Å². The van der Waals surface area contributed by atoms with Crippen LogP contribution in [-0.4, -0.2) is 52.6 Å². The van der Waals surface area contributed by atoms with Crippen LogP contribution in [0.5, 0.6) is 0 Å². The molecule has 0 aliphatic carbocycles. The zero-order chi connectivity index (χ0) is 23.4. The summed E-state index contributed by atoms with van der Waals surface area (Å²) in [5.74, 6) is 1.17. The molecular formula is C26H26N4O3. The Labute approximate surface area is 192 Å². The summed E-state index contributed by atoms with van der Waals surface area (Å²) in [4.78, 5) is 31.4. The lowest BCUT2D eigenvalue weighted by molar-refractivity contribution is -0.133. The largest absolute Gasteiger partial charge is 0.347 e. The summed E-state index contributed by atoms with van der Waals surface area (Å²) in [6, 6.07) is 17.2. The summed E-state index contributed by atoms with van der Waals surface area (Å²) in [5.41, 5.74) is 6.41. The van der Waals surface area contributed by atoms with Crippen molar-refractivity contribution in [3.8, 4) is 12.3 Å². The monoisotopic (exact) mass is 442 g/mol. The molecule has 1 saturated heterocycles. The van der Waals surface area contributed by atoms with Gasteiger partial charge in [-0.2, -0.15) is 0 Å². The quantitative estimate of drug-likeness (QED) is 0.309. The molecule has 1 fully saturated rings. The van der Waals surface area contributed by atoms with Crippen molar-refractivity contribution in [2.75, 3.05) is 19.6 Å². The topological polar surface area (TPSA) is 94.6 Å². The van der Waals surface area contributed by atoms with E-state index in [4.69, 9.17) is 11.6 Å². The molecule has 1 aliphatic rings. The zero-order valence-electron chi connectivity index (χ0n) is 18.4. The molecule has 1 aromatic heterocycles. The summed E-state index contributed by atoms with van der Waals surface area (Å²) in [6.07, 6.45) is 6.11. The van der Waals surface area contributed by atoms with Crippen molar-refractivity contribution in [2.24, 2.45) is 5.92 Å². The maximum absolute atomic E-state index is 12.8. The number of likely N-dealkylation sites (tertiary alicyclic amines) is 1. The average Bonchev–Trinajstić information content (AvgIpc) is 3.21. The van der Waals surface area contributed by atoms with Crippen LogP contribution in [0, 0.1) is 25.2 Å². The lowest BCUT2D eigenvalue weighted by atomic mass is 9.99. The number of amides is 2. The van der Waals surface area contributed by atoms with Crippen LogP contribution >= 0.6 is 0 Å². The molecular weight excluding hydrogens is 416 g/mol. The van der Waals surface area contributed by atoms with Crippen LogP contribution in [0.4, 0.5) is 0 Å². The van der Waals surface area contributed by atoms with Gasteiger partial charge in [0.15, 0.2) is 0 Å². The highest BCUT2D eigenvalue weighted by atomic mass is 16.5. The summed E-state index contributed by atoms with van der Waals surface area (Å²) >= 11 is 0. The third kappa shape index (κ3) is 5.03. The van der Waals surface area contributed by atoms with E-state index < -0.39 is 17.9 Å². The molecule has 0 bridgehead atoms. The Balaban J connectivity index is 1.47. The van der Waals surface area contributed by atoms with E-state index in [0.29, 0.717) is 25.2 Å². The van der Waals surface area contributed by atoms with E-state index in [0.717, 1.165) is 28.6 Å². The summed E-state index contributed by atoms with van der Waals surface area (Å²) in [6.45, 7) is 3.18. The first-order chi connectivity index (χ1) is 16.0. The third-order valence-corrected chi connectivity index (χ3v) is 6.01. The molecule has 0 saturated carbocycles. The van der Waals surface area contributed by atoms with Crippen molar-refractivity contribution >= 4 is 22.7 Å². The zero-order valence-corrected chi connectivity index (χ0v) is 18.4. The van der Waals surface area contributed by atoms with Gasteiger partial charge in [-0.25, -0.2) is 5.48 Å². The number of hydroxylamine groups is 1. The first kappa shape index (κ1) is 22.5. The number of fused-ring (bicyclic) bond motifs is 1. The highest BCUT2D eigenvalue weighted by Gasteiger charge is 2.38. The Morgan fingerprint density at radius 3 is 2.67 bits per heavy atom. The minimum absolute atomic E-state index is 0.268.